The monoisotopic (exact) mass is 237 g/mol. The minimum absolute atomic E-state index is 0.219. The van der Waals surface area contributed by atoms with Crippen molar-refractivity contribution < 1.29 is 9.13 Å². The molecule has 0 unspecified atom stereocenters. The van der Waals surface area contributed by atoms with Gasteiger partial charge in [-0.15, -0.1) is 0 Å². The molecule has 0 aliphatic heterocycles. The third-order valence-electron chi connectivity index (χ3n) is 3.49. The van der Waals surface area contributed by atoms with Crippen LogP contribution in [0.15, 0.2) is 24.3 Å². The Kier molecular flexibility index (Phi) is 4.37. The molecular weight excluding hydrogens is 217 g/mol. The summed E-state index contributed by atoms with van der Waals surface area (Å²) in [6.45, 7) is 0.786. The second-order valence-corrected chi connectivity index (χ2v) is 4.79. The van der Waals surface area contributed by atoms with Gasteiger partial charge in [-0.1, -0.05) is 0 Å². The molecule has 0 saturated heterocycles. The van der Waals surface area contributed by atoms with Crippen LogP contribution in [0.5, 0.6) is 5.75 Å². The van der Waals surface area contributed by atoms with Gasteiger partial charge in [-0.3, -0.25) is 0 Å². The fraction of sp³-hybridized carbons (Fsp3) is 0.571. The van der Waals surface area contributed by atoms with Crippen LogP contribution in [0.25, 0.3) is 0 Å². The lowest BCUT2D eigenvalue weighted by Crippen LogP contribution is -2.25. The molecule has 94 valence electrons. The molecule has 0 bridgehead atoms. The molecule has 1 aliphatic rings. The van der Waals surface area contributed by atoms with Crippen LogP contribution in [0.1, 0.15) is 32.1 Å². The first-order chi connectivity index (χ1) is 8.28. The lowest BCUT2D eigenvalue weighted by atomic mass is 9.85. The molecule has 1 saturated carbocycles. The van der Waals surface area contributed by atoms with Crippen LogP contribution in [0.2, 0.25) is 0 Å². The molecule has 0 aromatic heterocycles. The number of halogens is 1. The Morgan fingerprint density at radius 2 is 1.76 bits per heavy atom. The molecule has 0 amide bonds. The molecular formula is C14H20FNO. The fourth-order valence-electron chi connectivity index (χ4n) is 2.48. The Hall–Kier alpha value is -1.09. The summed E-state index contributed by atoms with van der Waals surface area (Å²) >= 11 is 0. The van der Waals surface area contributed by atoms with Gasteiger partial charge in [0, 0.05) is 0 Å². The highest BCUT2D eigenvalue weighted by Gasteiger charge is 2.21. The van der Waals surface area contributed by atoms with Crippen molar-refractivity contribution in [1.82, 2.24) is 0 Å². The number of benzene rings is 1. The highest BCUT2D eigenvalue weighted by atomic mass is 19.1. The van der Waals surface area contributed by atoms with Crippen molar-refractivity contribution in [1.29, 1.82) is 0 Å². The number of rotatable bonds is 4. The quantitative estimate of drug-likeness (QED) is 0.873. The zero-order valence-electron chi connectivity index (χ0n) is 10.1. The molecule has 1 aromatic rings. The van der Waals surface area contributed by atoms with E-state index < -0.39 is 0 Å². The van der Waals surface area contributed by atoms with Crippen molar-refractivity contribution in [3.8, 4) is 5.75 Å². The number of ether oxygens (including phenoxy) is 1. The van der Waals surface area contributed by atoms with E-state index in [1.807, 2.05) is 0 Å². The van der Waals surface area contributed by atoms with E-state index in [1.54, 1.807) is 12.1 Å². The van der Waals surface area contributed by atoms with Crippen molar-refractivity contribution in [3.05, 3.63) is 30.1 Å². The van der Waals surface area contributed by atoms with Gasteiger partial charge in [0.05, 0.1) is 6.10 Å². The van der Waals surface area contributed by atoms with Gasteiger partial charge in [-0.2, -0.15) is 0 Å². The van der Waals surface area contributed by atoms with Crippen LogP contribution < -0.4 is 10.5 Å². The van der Waals surface area contributed by atoms with E-state index >= 15 is 0 Å². The van der Waals surface area contributed by atoms with Crippen molar-refractivity contribution in [2.75, 3.05) is 6.54 Å². The second kappa shape index (κ2) is 6.01. The average Bonchev–Trinajstić information content (AvgIpc) is 2.35. The number of nitrogens with two attached hydrogens (primary N) is 1. The molecule has 0 heterocycles. The summed E-state index contributed by atoms with van der Waals surface area (Å²) in [6.07, 6.45) is 5.98. The summed E-state index contributed by atoms with van der Waals surface area (Å²) in [5.74, 6) is 1.32. The second-order valence-electron chi connectivity index (χ2n) is 4.79. The topological polar surface area (TPSA) is 35.2 Å². The first kappa shape index (κ1) is 12.4. The van der Waals surface area contributed by atoms with E-state index in [2.05, 4.69) is 0 Å². The summed E-state index contributed by atoms with van der Waals surface area (Å²) in [6, 6.07) is 6.27. The van der Waals surface area contributed by atoms with Crippen molar-refractivity contribution >= 4 is 0 Å². The molecule has 2 rings (SSSR count). The van der Waals surface area contributed by atoms with E-state index in [0.29, 0.717) is 0 Å². The van der Waals surface area contributed by atoms with E-state index in [-0.39, 0.29) is 11.9 Å². The van der Waals surface area contributed by atoms with Gasteiger partial charge in [0.1, 0.15) is 11.6 Å². The highest BCUT2D eigenvalue weighted by Crippen LogP contribution is 2.29. The predicted molar refractivity (Wildman–Crippen MR) is 66.4 cm³/mol. The maximum atomic E-state index is 12.7. The van der Waals surface area contributed by atoms with Crippen LogP contribution in [-0.4, -0.2) is 12.6 Å². The van der Waals surface area contributed by atoms with Gasteiger partial charge in [0.2, 0.25) is 0 Å². The highest BCUT2D eigenvalue weighted by molar-refractivity contribution is 5.22. The summed E-state index contributed by atoms with van der Waals surface area (Å²) in [5.41, 5.74) is 5.56. The van der Waals surface area contributed by atoms with E-state index in [1.165, 1.54) is 25.0 Å². The van der Waals surface area contributed by atoms with Gasteiger partial charge >= 0.3 is 0 Å². The van der Waals surface area contributed by atoms with Crippen LogP contribution in [0.3, 0.4) is 0 Å². The Labute approximate surface area is 102 Å². The van der Waals surface area contributed by atoms with Crippen molar-refractivity contribution in [3.63, 3.8) is 0 Å². The van der Waals surface area contributed by atoms with E-state index in [0.717, 1.165) is 37.5 Å². The molecule has 2 N–H and O–H groups in total. The lowest BCUT2D eigenvalue weighted by molar-refractivity contribution is 0.129. The third kappa shape index (κ3) is 3.70. The van der Waals surface area contributed by atoms with Gasteiger partial charge in [0.15, 0.2) is 0 Å². The van der Waals surface area contributed by atoms with Gasteiger partial charge in [-0.05, 0) is 68.8 Å². The molecule has 2 nitrogen and oxygen atoms in total. The molecule has 0 atom stereocenters. The SMILES string of the molecule is NCCC1CCC(Oc2ccc(F)cc2)CC1. The molecule has 3 heteroatoms. The van der Waals surface area contributed by atoms with Gasteiger partial charge < -0.3 is 10.5 Å². The minimum atomic E-state index is -0.219. The number of hydrogen-bond acceptors (Lipinski definition) is 2. The molecule has 17 heavy (non-hydrogen) atoms. The maximum absolute atomic E-state index is 12.7. The molecule has 0 radical (unpaired) electrons. The average molecular weight is 237 g/mol. The van der Waals surface area contributed by atoms with Crippen LogP contribution in [0.4, 0.5) is 4.39 Å². The summed E-state index contributed by atoms with van der Waals surface area (Å²) in [4.78, 5) is 0. The predicted octanol–water partition coefficient (Wildman–Crippen LogP) is 3.11. The van der Waals surface area contributed by atoms with Gasteiger partial charge in [0.25, 0.3) is 0 Å². The van der Waals surface area contributed by atoms with Crippen molar-refractivity contribution in [2.24, 2.45) is 11.7 Å². The Bertz CT molecular complexity index is 331. The largest absolute Gasteiger partial charge is 0.490 e. The normalized spacial score (nSPS) is 24.6. The molecule has 1 fully saturated rings. The van der Waals surface area contributed by atoms with E-state index in [9.17, 15) is 4.39 Å². The molecule has 1 aliphatic carbocycles. The zero-order chi connectivity index (χ0) is 12.1. The summed E-state index contributed by atoms with van der Waals surface area (Å²) < 4.78 is 18.6. The third-order valence-corrected chi connectivity index (χ3v) is 3.49. The Morgan fingerprint density at radius 3 is 2.35 bits per heavy atom. The Balaban J connectivity index is 1.79. The van der Waals surface area contributed by atoms with Crippen molar-refractivity contribution in [2.45, 2.75) is 38.2 Å². The van der Waals surface area contributed by atoms with Crippen LogP contribution in [0, 0.1) is 11.7 Å². The lowest BCUT2D eigenvalue weighted by Gasteiger charge is -2.28. The minimum Gasteiger partial charge on any atom is -0.490 e. The van der Waals surface area contributed by atoms with Crippen LogP contribution in [-0.2, 0) is 0 Å². The molecule has 0 spiro atoms. The van der Waals surface area contributed by atoms with Crippen LogP contribution >= 0.6 is 0 Å². The first-order valence-electron chi connectivity index (χ1n) is 6.40. The summed E-state index contributed by atoms with van der Waals surface area (Å²) in [7, 11) is 0. The smallest absolute Gasteiger partial charge is 0.123 e. The zero-order valence-corrected chi connectivity index (χ0v) is 10.1. The Morgan fingerprint density at radius 1 is 1.12 bits per heavy atom. The van der Waals surface area contributed by atoms with Gasteiger partial charge in [-0.25, -0.2) is 4.39 Å². The van der Waals surface area contributed by atoms with E-state index in [4.69, 9.17) is 10.5 Å². The molecule has 1 aromatic carbocycles. The summed E-state index contributed by atoms with van der Waals surface area (Å²) in [5, 5.41) is 0. The maximum Gasteiger partial charge on any atom is 0.123 e. The number of hydrogen-bond donors (Lipinski definition) is 1. The fourth-order valence-corrected chi connectivity index (χ4v) is 2.48. The first-order valence-corrected chi connectivity index (χ1v) is 6.40. The standard InChI is InChI=1S/C14H20FNO/c15-12-3-7-14(8-4-12)17-13-5-1-11(2-6-13)9-10-16/h3-4,7-8,11,13H,1-2,5-6,9-10,16H2.